The lowest BCUT2D eigenvalue weighted by Gasteiger charge is -2.26. The average molecular weight is 297 g/mol. The Kier molecular flexibility index (Phi) is 5.81. The number of likely N-dealkylation sites (N-methyl/N-ethyl adjacent to an activating group) is 1. The Morgan fingerprint density at radius 1 is 1.45 bits per heavy atom. The Hall–Kier alpha value is -0.650. The minimum absolute atomic E-state index is 0.366. The van der Waals surface area contributed by atoms with Crippen molar-refractivity contribution in [3.05, 3.63) is 10.6 Å². The van der Waals surface area contributed by atoms with Crippen LogP contribution < -0.4 is 10.2 Å². The van der Waals surface area contributed by atoms with Gasteiger partial charge in [-0.3, -0.25) is 0 Å². The minimum Gasteiger partial charge on any atom is -0.383 e. The predicted octanol–water partition coefficient (Wildman–Crippen LogP) is 2.82. The molecular weight excluding hydrogens is 270 g/mol. The van der Waals surface area contributed by atoms with Crippen LogP contribution in [0.1, 0.15) is 44.2 Å². The molecule has 0 aromatic carbocycles. The van der Waals surface area contributed by atoms with Gasteiger partial charge < -0.3 is 15.0 Å². The molecule has 1 unspecified atom stereocenters. The highest BCUT2D eigenvalue weighted by Gasteiger charge is 2.23. The summed E-state index contributed by atoms with van der Waals surface area (Å²) in [6.45, 7) is 9.25. The number of anilines is 1. The van der Waals surface area contributed by atoms with Crippen LogP contribution >= 0.6 is 11.3 Å². The van der Waals surface area contributed by atoms with Gasteiger partial charge in [0, 0.05) is 31.1 Å². The first kappa shape index (κ1) is 15.7. The molecule has 0 aliphatic heterocycles. The van der Waals surface area contributed by atoms with E-state index in [1.165, 1.54) is 23.4 Å². The predicted molar refractivity (Wildman–Crippen MR) is 85.7 cm³/mol. The van der Waals surface area contributed by atoms with E-state index in [2.05, 4.69) is 31.0 Å². The van der Waals surface area contributed by atoms with E-state index < -0.39 is 0 Å². The second kappa shape index (κ2) is 7.38. The molecule has 1 aliphatic carbocycles. The van der Waals surface area contributed by atoms with Gasteiger partial charge in [-0.2, -0.15) is 0 Å². The molecule has 1 heterocycles. The normalized spacial score (nSPS) is 16.4. The van der Waals surface area contributed by atoms with Gasteiger partial charge in [0.15, 0.2) is 5.13 Å². The van der Waals surface area contributed by atoms with E-state index in [1.54, 1.807) is 7.11 Å². The first-order valence-corrected chi connectivity index (χ1v) is 8.48. The average Bonchev–Trinajstić information content (AvgIpc) is 3.18. The summed E-state index contributed by atoms with van der Waals surface area (Å²) >= 11 is 1.84. The number of methoxy groups -OCH3 is 1. The number of hydrogen-bond acceptors (Lipinski definition) is 5. The monoisotopic (exact) mass is 297 g/mol. The molecule has 20 heavy (non-hydrogen) atoms. The molecule has 0 saturated heterocycles. The highest BCUT2D eigenvalue weighted by molar-refractivity contribution is 7.15. The summed E-state index contributed by atoms with van der Waals surface area (Å²) in [5.74, 6) is 0. The van der Waals surface area contributed by atoms with Crippen molar-refractivity contribution >= 4 is 16.5 Å². The molecule has 0 bridgehead atoms. The number of aryl methyl sites for hydroxylation is 1. The number of nitrogens with one attached hydrogen (secondary N) is 1. The highest BCUT2D eigenvalue weighted by atomic mass is 32.1. The van der Waals surface area contributed by atoms with Crippen LogP contribution in [0.4, 0.5) is 5.13 Å². The molecule has 1 aromatic heterocycles. The maximum atomic E-state index is 5.28. The van der Waals surface area contributed by atoms with Crippen LogP contribution in [-0.4, -0.2) is 37.3 Å². The molecule has 4 nitrogen and oxygen atoms in total. The van der Waals surface area contributed by atoms with Gasteiger partial charge in [0.2, 0.25) is 0 Å². The molecule has 0 amide bonds. The molecule has 1 fully saturated rings. The molecular formula is C15H27N3OS. The first-order valence-electron chi connectivity index (χ1n) is 7.67. The van der Waals surface area contributed by atoms with Gasteiger partial charge in [0.25, 0.3) is 0 Å². The molecule has 1 aromatic rings. The van der Waals surface area contributed by atoms with Crippen molar-refractivity contribution in [3.63, 3.8) is 0 Å². The van der Waals surface area contributed by atoms with E-state index in [4.69, 9.17) is 9.72 Å². The van der Waals surface area contributed by atoms with E-state index in [0.29, 0.717) is 6.04 Å². The topological polar surface area (TPSA) is 37.4 Å². The van der Waals surface area contributed by atoms with Crippen molar-refractivity contribution in [1.82, 2.24) is 10.3 Å². The zero-order valence-corrected chi connectivity index (χ0v) is 13.9. The van der Waals surface area contributed by atoms with Crippen LogP contribution in [0.5, 0.6) is 0 Å². The maximum Gasteiger partial charge on any atom is 0.186 e. The lowest BCUT2D eigenvalue weighted by molar-refractivity contribution is 0.182. The van der Waals surface area contributed by atoms with Crippen molar-refractivity contribution in [2.24, 2.45) is 0 Å². The third-order valence-corrected chi connectivity index (χ3v) is 4.89. The van der Waals surface area contributed by atoms with E-state index in [0.717, 1.165) is 37.3 Å². The van der Waals surface area contributed by atoms with Crippen LogP contribution in [0.2, 0.25) is 0 Å². The third kappa shape index (κ3) is 3.93. The fourth-order valence-corrected chi connectivity index (χ4v) is 3.66. The summed E-state index contributed by atoms with van der Waals surface area (Å²) < 4.78 is 5.28. The molecule has 0 spiro atoms. The smallest absolute Gasteiger partial charge is 0.186 e. The Morgan fingerprint density at radius 2 is 2.20 bits per heavy atom. The van der Waals surface area contributed by atoms with E-state index in [-0.39, 0.29) is 0 Å². The van der Waals surface area contributed by atoms with Gasteiger partial charge >= 0.3 is 0 Å². The van der Waals surface area contributed by atoms with E-state index >= 15 is 0 Å². The molecule has 2 rings (SSSR count). The molecule has 0 radical (unpaired) electrons. The van der Waals surface area contributed by atoms with Crippen molar-refractivity contribution in [1.29, 1.82) is 0 Å². The lowest BCUT2D eigenvalue weighted by atomic mass is 10.3. The van der Waals surface area contributed by atoms with Crippen LogP contribution in [0.25, 0.3) is 0 Å². The molecule has 1 atom stereocenters. The molecule has 114 valence electrons. The lowest BCUT2D eigenvalue weighted by Crippen LogP contribution is -2.36. The second-order valence-electron chi connectivity index (χ2n) is 5.47. The van der Waals surface area contributed by atoms with Gasteiger partial charge in [-0.15, -0.1) is 11.3 Å². The van der Waals surface area contributed by atoms with Crippen molar-refractivity contribution in [3.8, 4) is 0 Å². The summed E-state index contributed by atoms with van der Waals surface area (Å²) in [5, 5.41) is 4.74. The summed E-state index contributed by atoms with van der Waals surface area (Å²) in [4.78, 5) is 8.59. The quantitative estimate of drug-likeness (QED) is 0.760. The summed E-state index contributed by atoms with van der Waals surface area (Å²) in [6, 6.07) is 1.12. The van der Waals surface area contributed by atoms with Crippen molar-refractivity contribution < 1.29 is 4.74 Å². The van der Waals surface area contributed by atoms with Gasteiger partial charge in [-0.1, -0.05) is 6.92 Å². The number of thiazole rings is 1. The second-order valence-corrected chi connectivity index (χ2v) is 6.53. The Labute approximate surface area is 126 Å². The SMILES string of the molecule is CCc1nc(N(CC)C(C)COC)sc1CNC1CC1. The van der Waals surface area contributed by atoms with Crippen molar-refractivity contribution in [2.75, 3.05) is 25.2 Å². The Bertz CT molecular complexity index is 417. The largest absolute Gasteiger partial charge is 0.383 e. The van der Waals surface area contributed by atoms with Gasteiger partial charge in [-0.25, -0.2) is 4.98 Å². The van der Waals surface area contributed by atoms with Crippen LogP contribution in [0, 0.1) is 0 Å². The number of hydrogen-bond donors (Lipinski definition) is 1. The zero-order chi connectivity index (χ0) is 14.5. The molecule has 1 saturated carbocycles. The summed E-state index contributed by atoms with van der Waals surface area (Å²) in [7, 11) is 1.76. The van der Waals surface area contributed by atoms with Crippen LogP contribution in [-0.2, 0) is 17.7 Å². The molecule has 5 heteroatoms. The summed E-state index contributed by atoms with van der Waals surface area (Å²) in [5.41, 5.74) is 1.25. The number of rotatable bonds is 9. The number of ether oxygens (including phenoxy) is 1. The zero-order valence-electron chi connectivity index (χ0n) is 13.1. The molecule has 1 N–H and O–H groups in total. The number of nitrogens with zero attached hydrogens (tertiary/aromatic N) is 2. The Balaban J connectivity index is 2.08. The van der Waals surface area contributed by atoms with Gasteiger partial charge in [0.1, 0.15) is 0 Å². The third-order valence-electron chi connectivity index (χ3n) is 3.76. The minimum atomic E-state index is 0.366. The first-order chi connectivity index (χ1) is 9.69. The van der Waals surface area contributed by atoms with Gasteiger partial charge in [0.05, 0.1) is 18.3 Å². The fraction of sp³-hybridized carbons (Fsp3) is 0.800. The standard InChI is InChI=1S/C15H27N3OS/c1-5-13-14(9-16-12-7-8-12)20-15(17-13)18(6-2)11(3)10-19-4/h11-12,16H,5-10H2,1-4H3. The van der Waals surface area contributed by atoms with Gasteiger partial charge in [-0.05, 0) is 33.1 Å². The Morgan fingerprint density at radius 3 is 2.75 bits per heavy atom. The van der Waals surface area contributed by atoms with E-state index in [9.17, 15) is 0 Å². The van der Waals surface area contributed by atoms with Crippen molar-refractivity contribution in [2.45, 2.75) is 58.7 Å². The fourth-order valence-electron chi connectivity index (χ4n) is 2.40. The number of aromatic nitrogens is 1. The van der Waals surface area contributed by atoms with Crippen LogP contribution in [0.3, 0.4) is 0 Å². The maximum absolute atomic E-state index is 5.28. The highest BCUT2D eigenvalue weighted by Crippen LogP contribution is 2.29. The van der Waals surface area contributed by atoms with Crippen LogP contribution in [0.15, 0.2) is 0 Å². The summed E-state index contributed by atoms with van der Waals surface area (Å²) in [6.07, 6.45) is 3.67. The van der Waals surface area contributed by atoms with E-state index in [1.807, 2.05) is 11.3 Å². The molecule has 1 aliphatic rings.